The number of fused-ring (bicyclic) bond motifs is 1. The van der Waals surface area contributed by atoms with E-state index in [0.29, 0.717) is 6.54 Å². The SMILES string of the molecule is Cc1cc(F)cc(C)c1CNc1cccc2c1nc(C)n2C. The van der Waals surface area contributed by atoms with Gasteiger partial charge in [0.05, 0.1) is 11.2 Å². The second-order valence-electron chi connectivity index (χ2n) is 5.76. The Balaban J connectivity index is 1.94. The largest absolute Gasteiger partial charge is 0.379 e. The summed E-state index contributed by atoms with van der Waals surface area (Å²) in [4.78, 5) is 4.62. The van der Waals surface area contributed by atoms with Crippen molar-refractivity contribution in [2.75, 3.05) is 5.32 Å². The fraction of sp³-hybridized carbons (Fsp3) is 0.278. The van der Waals surface area contributed by atoms with Crippen LogP contribution >= 0.6 is 0 Å². The van der Waals surface area contributed by atoms with Crippen molar-refractivity contribution in [3.05, 3.63) is 58.7 Å². The smallest absolute Gasteiger partial charge is 0.123 e. The molecule has 1 heterocycles. The fourth-order valence-electron chi connectivity index (χ4n) is 2.88. The Hall–Kier alpha value is -2.36. The highest BCUT2D eigenvalue weighted by molar-refractivity contribution is 5.88. The van der Waals surface area contributed by atoms with Crippen LogP contribution in [0.15, 0.2) is 30.3 Å². The van der Waals surface area contributed by atoms with E-state index in [-0.39, 0.29) is 5.82 Å². The predicted molar refractivity (Wildman–Crippen MR) is 88.7 cm³/mol. The van der Waals surface area contributed by atoms with Crippen molar-refractivity contribution in [3.63, 3.8) is 0 Å². The number of benzene rings is 2. The van der Waals surface area contributed by atoms with Gasteiger partial charge in [0, 0.05) is 13.6 Å². The van der Waals surface area contributed by atoms with Crippen LogP contribution in [0.5, 0.6) is 0 Å². The van der Waals surface area contributed by atoms with Crippen LogP contribution in [0.25, 0.3) is 11.0 Å². The van der Waals surface area contributed by atoms with Gasteiger partial charge in [0.15, 0.2) is 0 Å². The second kappa shape index (κ2) is 5.44. The average molecular weight is 297 g/mol. The Bertz CT molecular complexity index is 826. The van der Waals surface area contributed by atoms with Gasteiger partial charge in [0.2, 0.25) is 0 Å². The maximum Gasteiger partial charge on any atom is 0.123 e. The number of rotatable bonds is 3. The number of hydrogen-bond acceptors (Lipinski definition) is 2. The summed E-state index contributed by atoms with van der Waals surface area (Å²) >= 11 is 0. The summed E-state index contributed by atoms with van der Waals surface area (Å²) in [5, 5.41) is 3.45. The van der Waals surface area contributed by atoms with Crippen LogP contribution in [-0.4, -0.2) is 9.55 Å². The quantitative estimate of drug-likeness (QED) is 0.783. The third-order valence-electron chi connectivity index (χ3n) is 4.25. The molecule has 0 radical (unpaired) electrons. The molecule has 0 atom stereocenters. The number of anilines is 1. The zero-order valence-corrected chi connectivity index (χ0v) is 13.4. The number of aromatic nitrogens is 2. The molecule has 0 aliphatic carbocycles. The molecule has 0 aliphatic rings. The van der Waals surface area contributed by atoms with E-state index in [1.54, 1.807) is 12.1 Å². The molecule has 0 saturated carbocycles. The van der Waals surface area contributed by atoms with Gasteiger partial charge in [-0.1, -0.05) is 6.07 Å². The lowest BCUT2D eigenvalue weighted by molar-refractivity contribution is 0.624. The number of nitrogens with zero attached hydrogens (tertiary/aromatic N) is 2. The topological polar surface area (TPSA) is 29.9 Å². The summed E-state index contributed by atoms with van der Waals surface area (Å²) in [7, 11) is 2.02. The highest BCUT2D eigenvalue weighted by atomic mass is 19.1. The van der Waals surface area contributed by atoms with Crippen LogP contribution < -0.4 is 5.32 Å². The van der Waals surface area contributed by atoms with Gasteiger partial charge in [-0.3, -0.25) is 0 Å². The van der Waals surface area contributed by atoms with Crippen molar-refractivity contribution in [2.45, 2.75) is 27.3 Å². The van der Waals surface area contributed by atoms with Crippen LogP contribution in [0.2, 0.25) is 0 Å². The van der Waals surface area contributed by atoms with E-state index >= 15 is 0 Å². The van der Waals surface area contributed by atoms with Gasteiger partial charge in [-0.25, -0.2) is 9.37 Å². The molecule has 0 fully saturated rings. The number of nitrogens with one attached hydrogen (secondary N) is 1. The van der Waals surface area contributed by atoms with E-state index in [2.05, 4.69) is 20.9 Å². The average Bonchev–Trinajstić information content (AvgIpc) is 2.74. The standard InChI is InChI=1S/C18H20FN3/c1-11-8-14(19)9-12(2)15(11)10-20-16-6-5-7-17-18(16)21-13(3)22(17)4/h5-9,20H,10H2,1-4H3. The summed E-state index contributed by atoms with van der Waals surface area (Å²) < 4.78 is 15.5. The molecule has 3 nitrogen and oxygen atoms in total. The van der Waals surface area contributed by atoms with Gasteiger partial charge < -0.3 is 9.88 Å². The molecule has 0 bridgehead atoms. The molecule has 1 N–H and O–H groups in total. The molecule has 0 amide bonds. The molecular formula is C18H20FN3. The number of halogens is 1. The van der Waals surface area contributed by atoms with Gasteiger partial charge in [-0.05, 0) is 61.7 Å². The molecule has 4 heteroatoms. The molecule has 3 rings (SSSR count). The lowest BCUT2D eigenvalue weighted by Crippen LogP contribution is -2.04. The third-order valence-corrected chi connectivity index (χ3v) is 4.25. The normalized spacial score (nSPS) is 11.1. The van der Waals surface area contributed by atoms with Crippen LogP contribution in [0.1, 0.15) is 22.5 Å². The number of aryl methyl sites for hydroxylation is 4. The van der Waals surface area contributed by atoms with Crippen LogP contribution in [0.3, 0.4) is 0 Å². The van der Waals surface area contributed by atoms with Gasteiger partial charge in [-0.2, -0.15) is 0 Å². The zero-order chi connectivity index (χ0) is 15.9. The van der Waals surface area contributed by atoms with Gasteiger partial charge in [0.25, 0.3) is 0 Å². The summed E-state index contributed by atoms with van der Waals surface area (Å²) in [6.07, 6.45) is 0. The first-order chi connectivity index (χ1) is 10.5. The summed E-state index contributed by atoms with van der Waals surface area (Å²) in [5.74, 6) is 0.805. The van der Waals surface area contributed by atoms with Crippen molar-refractivity contribution in [3.8, 4) is 0 Å². The highest BCUT2D eigenvalue weighted by Crippen LogP contribution is 2.24. The number of imidazole rings is 1. The van der Waals surface area contributed by atoms with Crippen molar-refractivity contribution < 1.29 is 4.39 Å². The minimum Gasteiger partial charge on any atom is -0.379 e. The first-order valence-corrected chi connectivity index (χ1v) is 7.39. The van der Waals surface area contributed by atoms with Crippen molar-refractivity contribution in [1.29, 1.82) is 0 Å². The maximum absolute atomic E-state index is 13.4. The third kappa shape index (κ3) is 2.45. The Morgan fingerprint density at radius 2 is 1.82 bits per heavy atom. The Morgan fingerprint density at radius 3 is 2.50 bits per heavy atom. The second-order valence-corrected chi connectivity index (χ2v) is 5.76. The van der Waals surface area contributed by atoms with E-state index in [0.717, 1.165) is 39.2 Å². The molecule has 114 valence electrons. The van der Waals surface area contributed by atoms with E-state index in [1.807, 2.05) is 40.0 Å². The van der Waals surface area contributed by atoms with Crippen LogP contribution in [0, 0.1) is 26.6 Å². The minimum absolute atomic E-state index is 0.179. The first-order valence-electron chi connectivity index (χ1n) is 7.39. The van der Waals surface area contributed by atoms with Crippen molar-refractivity contribution >= 4 is 16.7 Å². The molecule has 0 saturated heterocycles. The molecule has 1 aromatic heterocycles. The number of hydrogen-bond donors (Lipinski definition) is 1. The molecule has 0 unspecified atom stereocenters. The Morgan fingerprint density at radius 1 is 1.14 bits per heavy atom. The molecule has 3 aromatic rings. The monoisotopic (exact) mass is 297 g/mol. The molecule has 0 spiro atoms. The molecular weight excluding hydrogens is 277 g/mol. The van der Waals surface area contributed by atoms with Gasteiger partial charge >= 0.3 is 0 Å². The molecule has 0 aliphatic heterocycles. The maximum atomic E-state index is 13.4. The van der Waals surface area contributed by atoms with E-state index in [1.165, 1.54) is 0 Å². The summed E-state index contributed by atoms with van der Waals surface area (Å²) in [5.41, 5.74) is 6.15. The van der Waals surface area contributed by atoms with Gasteiger partial charge in [0.1, 0.15) is 17.2 Å². The lowest BCUT2D eigenvalue weighted by Gasteiger charge is -2.13. The van der Waals surface area contributed by atoms with Crippen molar-refractivity contribution in [1.82, 2.24) is 9.55 Å². The van der Waals surface area contributed by atoms with E-state index in [9.17, 15) is 4.39 Å². The van der Waals surface area contributed by atoms with Crippen LogP contribution in [0.4, 0.5) is 10.1 Å². The van der Waals surface area contributed by atoms with E-state index in [4.69, 9.17) is 0 Å². The molecule has 2 aromatic carbocycles. The highest BCUT2D eigenvalue weighted by Gasteiger charge is 2.10. The minimum atomic E-state index is -0.179. The zero-order valence-electron chi connectivity index (χ0n) is 13.4. The Kier molecular flexibility index (Phi) is 3.61. The number of para-hydroxylation sites is 1. The molecule has 22 heavy (non-hydrogen) atoms. The fourth-order valence-corrected chi connectivity index (χ4v) is 2.88. The predicted octanol–water partition coefficient (Wildman–Crippen LogP) is 4.25. The first kappa shape index (κ1) is 14.6. The van der Waals surface area contributed by atoms with Gasteiger partial charge in [-0.15, -0.1) is 0 Å². The summed E-state index contributed by atoms with van der Waals surface area (Å²) in [6.45, 7) is 6.54. The van der Waals surface area contributed by atoms with E-state index < -0.39 is 0 Å². The van der Waals surface area contributed by atoms with Crippen molar-refractivity contribution in [2.24, 2.45) is 7.05 Å². The summed E-state index contributed by atoms with van der Waals surface area (Å²) in [6, 6.07) is 9.28. The Labute approximate surface area is 129 Å². The lowest BCUT2D eigenvalue weighted by atomic mass is 10.0. The van der Waals surface area contributed by atoms with Crippen LogP contribution in [-0.2, 0) is 13.6 Å².